The third-order valence-corrected chi connectivity index (χ3v) is 10.1. The number of primary amides is 1. The van der Waals surface area contributed by atoms with Gasteiger partial charge in [-0.2, -0.15) is 4.31 Å². The van der Waals surface area contributed by atoms with Crippen molar-refractivity contribution in [1.82, 2.24) is 14.6 Å². The molecule has 2 amide bonds. The lowest BCUT2D eigenvalue weighted by Gasteiger charge is -2.31. The zero-order chi connectivity index (χ0) is 24.0. The summed E-state index contributed by atoms with van der Waals surface area (Å²) in [5, 5.41) is 2.97. The molecule has 2 aromatic rings. The number of carbonyl (C=O) groups excluding carboxylic acids is 2. The van der Waals surface area contributed by atoms with E-state index in [1.807, 2.05) is 0 Å². The maximum Gasteiger partial charge on any atom is 0.266 e. The first kappa shape index (κ1) is 24.1. The number of carbonyl (C=O) groups is 2. The van der Waals surface area contributed by atoms with Crippen molar-refractivity contribution in [3.8, 4) is 0 Å². The van der Waals surface area contributed by atoms with Crippen molar-refractivity contribution in [3.05, 3.63) is 28.4 Å². The van der Waals surface area contributed by atoms with Gasteiger partial charge in [-0.15, -0.1) is 0 Å². The molecule has 0 radical (unpaired) electrons. The number of hydrogen-bond donors (Lipinski definition) is 3. The molecular weight excluding hydrogens is 540 g/mol. The standard InChI is InChI=1S/C19H23BrN4O7S2/c20-12-1-2-14-13(7-12)17(16(23-14)18(21)25)33(29,30)24-4-5-31-15(9-24)19(26)22-8-11-3-6-32(27,28)10-11/h1-2,7,11,15,23H,3-6,8-10H2,(H2,21,25)(H,22,26). The minimum Gasteiger partial charge on any atom is -0.366 e. The van der Waals surface area contributed by atoms with Crippen LogP contribution >= 0.6 is 15.9 Å². The van der Waals surface area contributed by atoms with Gasteiger partial charge in [-0.3, -0.25) is 9.59 Å². The smallest absolute Gasteiger partial charge is 0.266 e. The van der Waals surface area contributed by atoms with Crippen LogP contribution in [0.15, 0.2) is 27.6 Å². The van der Waals surface area contributed by atoms with E-state index in [1.54, 1.807) is 18.2 Å². The summed E-state index contributed by atoms with van der Waals surface area (Å²) in [6.07, 6.45) is -0.596. The summed E-state index contributed by atoms with van der Waals surface area (Å²) in [5.41, 5.74) is 5.63. The van der Waals surface area contributed by atoms with Crippen molar-refractivity contribution in [3.63, 3.8) is 0 Å². The summed E-state index contributed by atoms with van der Waals surface area (Å²) in [6, 6.07) is 4.90. The van der Waals surface area contributed by atoms with Crippen LogP contribution in [-0.4, -0.2) is 81.8 Å². The number of aromatic amines is 1. The van der Waals surface area contributed by atoms with Crippen LogP contribution in [0.1, 0.15) is 16.9 Å². The van der Waals surface area contributed by atoms with E-state index < -0.39 is 37.8 Å². The molecule has 4 N–H and O–H groups in total. The van der Waals surface area contributed by atoms with E-state index in [0.717, 1.165) is 4.31 Å². The quantitative estimate of drug-likeness (QED) is 0.443. The van der Waals surface area contributed by atoms with Gasteiger partial charge in [0.05, 0.1) is 18.1 Å². The largest absolute Gasteiger partial charge is 0.366 e. The minimum atomic E-state index is -4.21. The van der Waals surface area contributed by atoms with E-state index in [4.69, 9.17) is 10.5 Å². The first-order valence-corrected chi connectivity index (χ1v) is 14.2. The highest BCUT2D eigenvalue weighted by Gasteiger charge is 2.38. The number of nitrogens with two attached hydrogens (primary N) is 1. The van der Waals surface area contributed by atoms with Crippen molar-refractivity contribution in [1.29, 1.82) is 0 Å². The molecule has 0 bridgehead atoms. The van der Waals surface area contributed by atoms with Gasteiger partial charge in [0.25, 0.3) is 11.8 Å². The SMILES string of the molecule is NC(=O)c1[nH]c2ccc(Br)cc2c1S(=O)(=O)N1CCOC(C(=O)NCC2CCS(=O)(=O)C2)C1. The molecule has 2 saturated heterocycles. The molecule has 3 heterocycles. The zero-order valence-electron chi connectivity index (χ0n) is 17.4. The molecule has 11 nitrogen and oxygen atoms in total. The van der Waals surface area contributed by atoms with Gasteiger partial charge in [0.2, 0.25) is 10.0 Å². The average molecular weight is 563 g/mol. The molecule has 2 atom stereocenters. The Hall–Kier alpha value is -2.00. The second-order valence-corrected chi connectivity index (χ2v) is 13.1. The topological polar surface area (TPSA) is 169 Å². The number of amides is 2. The summed E-state index contributed by atoms with van der Waals surface area (Å²) in [5.74, 6) is -1.50. The number of halogens is 1. The highest BCUT2D eigenvalue weighted by molar-refractivity contribution is 9.10. The zero-order valence-corrected chi connectivity index (χ0v) is 20.6. The molecule has 33 heavy (non-hydrogen) atoms. The van der Waals surface area contributed by atoms with Crippen LogP contribution in [0.3, 0.4) is 0 Å². The van der Waals surface area contributed by atoms with Gasteiger partial charge >= 0.3 is 0 Å². The second-order valence-electron chi connectivity index (χ2n) is 8.12. The normalized spacial score (nSPS) is 23.5. The predicted octanol–water partition coefficient (Wildman–Crippen LogP) is -0.0303. The van der Waals surface area contributed by atoms with Crippen LogP contribution in [0.4, 0.5) is 0 Å². The molecule has 2 aliphatic rings. The number of nitrogens with one attached hydrogen (secondary N) is 2. The van der Waals surface area contributed by atoms with Crippen molar-refractivity contribution < 1.29 is 31.2 Å². The van der Waals surface area contributed by atoms with Crippen molar-refractivity contribution in [2.45, 2.75) is 17.4 Å². The van der Waals surface area contributed by atoms with Crippen LogP contribution in [0, 0.1) is 5.92 Å². The lowest BCUT2D eigenvalue weighted by atomic mass is 10.1. The molecule has 14 heteroatoms. The van der Waals surface area contributed by atoms with Crippen molar-refractivity contribution in [2.75, 3.05) is 37.7 Å². The number of rotatable bonds is 6. The Kier molecular flexibility index (Phi) is 6.57. The fraction of sp³-hybridized carbons (Fsp3) is 0.474. The molecule has 180 valence electrons. The number of sulfone groups is 1. The fourth-order valence-electron chi connectivity index (χ4n) is 4.10. The first-order valence-electron chi connectivity index (χ1n) is 10.2. The monoisotopic (exact) mass is 562 g/mol. The van der Waals surface area contributed by atoms with Crippen LogP contribution in [0.5, 0.6) is 0 Å². The van der Waals surface area contributed by atoms with Gasteiger partial charge in [0.15, 0.2) is 9.84 Å². The van der Waals surface area contributed by atoms with E-state index in [9.17, 15) is 26.4 Å². The third-order valence-electron chi connectivity index (χ3n) is 5.77. The van der Waals surface area contributed by atoms with Gasteiger partial charge in [-0.1, -0.05) is 15.9 Å². The number of nitrogens with zero attached hydrogens (tertiary/aromatic N) is 1. The molecule has 0 saturated carbocycles. The molecule has 2 fully saturated rings. The number of hydrogen-bond acceptors (Lipinski definition) is 7. The lowest BCUT2D eigenvalue weighted by molar-refractivity contribution is -0.136. The van der Waals surface area contributed by atoms with Crippen LogP contribution < -0.4 is 11.1 Å². The van der Waals surface area contributed by atoms with Crippen molar-refractivity contribution >= 4 is 58.5 Å². The Morgan fingerprint density at radius 2 is 2.09 bits per heavy atom. The Balaban J connectivity index is 1.54. The molecule has 2 aliphatic heterocycles. The molecule has 1 aromatic heterocycles. The van der Waals surface area contributed by atoms with Gasteiger partial charge in [-0.05, 0) is 30.5 Å². The number of sulfonamides is 1. The van der Waals surface area contributed by atoms with Crippen molar-refractivity contribution in [2.24, 2.45) is 11.7 Å². The Morgan fingerprint density at radius 1 is 1.33 bits per heavy atom. The van der Waals surface area contributed by atoms with Crippen LogP contribution in [-0.2, 0) is 29.4 Å². The summed E-state index contributed by atoms with van der Waals surface area (Å²) >= 11 is 3.31. The number of aromatic nitrogens is 1. The Bertz CT molecular complexity index is 1320. The fourth-order valence-corrected chi connectivity index (χ4v) is 8.09. The van der Waals surface area contributed by atoms with E-state index in [1.165, 1.54) is 0 Å². The van der Waals surface area contributed by atoms with E-state index >= 15 is 0 Å². The molecule has 1 aromatic carbocycles. The summed E-state index contributed by atoms with van der Waals surface area (Å²) < 4.78 is 57.4. The molecule has 0 aliphatic carbocycles. The third kappa shape index (κ3) is 4.94. The summed E-state index contributed by atoms with van der Waals surface area (Å²) in [7, 11) is -7.28. The van der Waals surface area contributed by atoms with E-state index in [-0.39, 0.29) is 54.3 Å². The highest BCUT2D eigenvalue weighted by atomic mass is 79.9. The molecule has 4 rings (SSSR count). The Morgan fingerprint density at radius 3 is 2.76 bits per heavy atom. The number of benzene rings is 1. The van der Waals surface area contributed by atoms with E-state index in [0.29, 0.717) is 21.8 Å². The summed E-state index contributed by atoms with van der Waals surface area (Å²) in [6.45, 7) is -0.109. The van der Waals surface area contributed by atoms with Gasteiger partial charge < -0.3 is 20.8 Å². The van der Waals surface area contributed by atoms with Crippen LogP contribution in [0.2, 0.25) is 0 Å². The number of fused-ring (bicyclic) bond motifs is 1. The minimum absolute atomic E-state index is 0.00807. The number of ether oxygens (including phenoxy) is 1. The van der Waals surface area contributed by atoms with Crippen LogP contribution in [0.25, 0.3) is 10.9 Å². The Labute approximate surface area is 199 Å². The molecule has 2 unspecified atom stereocenters. The highest BCUT2D eigenvalue weighted by Crippen LogP contribution is 2.32. The van der Waals surface area contributed by atoms with Gasteiger partial charge in [-0.25, -0.2) is 16.8 Å². The van der Waals surface area contributed by atoms with Gasteiger partial charge in [0, 0.05) is 35.0 Å². The average Bonchev–Trinajstić information content (AvgIpc) is 3.31. The van der Waals surface area contributed by atoms with E-state index in [2.05, 4.69) is 26.2 Å². The second kappa shape index (κ2) is 8.98. The molecule has 0 spiro atoms. The number of H-pyrrole nitrogens is 1. The maximum atomic E-state index is 13.5. The first-order chi connectivity index (χ1) is 15.5. The number of morpholine rings is 1. The lowest BCUT2D eigenvalue weighted by Crippen LogP contribution is -2.52. The maximum absolute atomic E-state index is 13.5. The predicted molar refractivity (Wildman–Crippen MR) is 123 cm³/mol. The van der Waals surface area contributed by atoms with Gasteiger partial charge in [0.1, 0.15) is 16.7 Å². The summed E-state index contributed by atoms with van der Waals surface area (Å²) in [4.78, 5) is 27.1. The molecular formula is C19H23BrN4O7S2.